The number of hydrogen-bond donors (Lipinski definition) is 3. The highest BCUT2D eigenvalue weighted by molar-refractivity contribution is 7.84. The van der Waals surface area contributed by atoms with E-state index in [0.717, 1.165) is 11.3 Å². The molecule has 2 aromatic rings. The topological polar surface area (TPSA) is 246 Å². The first-order valence-corrected chi connectivity index (χ1v) is 15.6. The summed E-state index contributed by atoms with van der Waals surface area (Å²) in [7, 11) is -5.02. The molecule has 0 aromatic carbocycles. The minimum atomic E-state index is -5.02. The minimum Gasteiger partial charge on any atom is -0.457 e. The zero-order chi connectivity index (χ0) is 34.1. The fraction of sp³-hybridized carbons (Fsp3) is 0.625. The standard InChI is InChI=1S/C24H35N9O10S2/c1-12-28-30-31-32(12)10-14-16(18(35)33(14)45(38,39)40)26-17(34)15(29-43-24(8,9)19(36)41-22(2,3)4)13-11-44-20(25-13)27-21(37)42-23(5,6)7/h11,14,16H,10H2,1-9H3,(H,26,34)(H,25,27,37)(H,38,39,40)/t14-,16+/m1/s1. The number of hydrogen-bond acceptors (Lipinski definition) is 15. The van der Waals surface area contributed by atoms with Crippen LogP contribution in [0.2, 0.25) is 0 Å². The van der Waals surface area contributed by atoms with Crippen molar-refractivity contribution in [2.24, 2.45) is 5.16 Å². The van der Waals surface area contributed by atoms with Gasteiger partial charge in [0.05, 0.1) is 12.6 Å². The highest BCUT2D eigenvalue weighted by Crippen LogP contribution is 2.26. The Kier molecular flexibility index (Phi) is 9.89. The number of carbonyl (C=O) groups is 4. The number of esters is 1. The van der Waals surface area contributed by atoms with Crippen LogP contribution in [-0.4, -0.2) is 101 Å². The van der Waals surface area contributed by atoms with Gasteiger partial charge in [0, 0.05) is 5.38 Å². The number of amides is 3. The van der Waals surface area contributed by atoms with Gasteiger partial charge in [-0.05, 0) is 72.7 Å². The highest BCUT2D eigenvalue weighted by atomic mass is 32.2. The van der Waals surface area contributed by atoms with E-state index in [2.05, 4.69) is 36.3 Å². The molecule has 0 radical (unpaired) electrons. The summed E-state index contributed by atoms with van der Waals surface area (Å²) < 4.78 is 45.4. The van der Waals surface area contributed by atoms with Crippen LogP contribution in [0, 0.1) is 6.92 Å². The summed E-state index contributed by atoms with van der Waals surface area (Å²) in [6.07, 6.45) is -0.820. The van der Waals surface area contributed by atoms with E-state index in [0.29, 0.717) is 0 Å². The summed E-state index contributed by atoms with van der Waals surface area (Å²) in [4.78, 5) is 61.0. The highest BCUT2D eigenvalue weighted by Gasteiger charge is 2.54. The first kappa shape index (κ1) is 35.2. The van der Waals surface area contributed by atoms with Crippen molar-refractivity contribution in [3.05, 3.63) is 16.9 Å². The molecular weight excluding hydrogens is 638 g/mol. The Labute approximate surface area is 262 Å². The van der Waals surface area contributed by atoms with Gasteiger partial charge in [-0.1, -0.05) is 5.16 Å². The van der Waals surface area contributed by atoms with Crippen molar-refractivity contribution in [3.63, 3.8) is 0 Å². The van der Waals surface area contributed by atoms with Gasteiger partial charge in [-0.25, -0.2) is 23.6 Å². The van der Waals surface area contributed by atoms with Crippen molar-refractivity contribution >= 4 is 56.4 Å². The number of aromatic nitrogens is 5. The Hall–Kier alpha value is -4.24. The molecule has 3 amide bonds. The average Bonchev–Trinajstić information content (AvgIpc) is 3.47. The third kappa shape index (κ3) is 9.14. The Balaban J connectivity index is 1.94. The van der Waals surface area contributed by atoms with Crippen molar-refractivity contribution in [1.82, 2.24) is 34.8 Å². The van der Waals surface area contributed by atoms with Crippen LogP contribution >= 0.6 is 11.3 Å². The number of nitrogens with zero attached hydrogens (tertiary/aromatic N) is 7. The molecular formula is C24H35N9O10S2. The molecule has 3 N–H and O–H groups in total. The molecule has 21 heteroatoms. The molecule has 19 nitrogen and oxygen atoms in total. The molecule has 0 aliphatic carbocycles. The average molecular weight is 674 g/mol. The van der Waals surface area contributed by atoms with E-state index in [9.17, 15) is 32.1 Å². The van der Waals surface area contributed by atoms with Gasteiger partial charge < -0.3 is 19.6 Å². The number of tetrazole rings is 1. The number of nitrogens with one attached hydrogen (secondary N) is 2. The van der Waals surface area contributed by atoms with Crippen molar-refractivity contribution in [2.75, 3.05) is 5.32 Å². The fourth-order valence-corrected chi connectivity index (χ4v) is 5.13. The van der Waals surface area contributed by atoms with Crippen molar-refractivity contribution in [3.8, 4) is 0 Å². The van der Waals surface area contributed by atoms with Crippen LogP contribution in [-0.2, 0) is 45.5 Å². The molecule has 0 saturated carbocycles. The van der Waals surface area contributed by atoms with Gasteiger partial charge in [0.25, 0.3) is 11.8 Å². The zero-order valence-corrected chi connectivity index (χ0v) is 27.6. The summed E-state index contributed by atoms with van der Waals surface area (Å²) >= 11 is 0.901. The molecule has 248 valence electrons. The second kappa shape index (κ2) is 12.6. The van der Waals surface area contributed by atoms with E-state index in [1.54, 1.807) is 41.5 Å². The zero-order valence-electron chi connectivity index (χ0n) is 26.0. The maximum Gasteiger partial charge on any atom is 0.413 e. The molecule has 2 atom stereocenters. The van der Waals surface area contributed by atoms with Gasteiger partial charge in [0.1, 0.15) is 28.8 Å². The first-order chi connectivity index (χ1) is 20.5. The number of thiazole rings is 1. The molecule has 1 aliphatic rings. The van der Waals surface area contributed by atoms with Gasteiger partial charge in [-0.2, -0.15) is 8.42 Å². The number of oxime groups is 1. The third-order valence-corrected chi connectivity index (χ3v) is 7.31. The summed E-state index contributed by atoms with van der Waals surface area (Å²) in [5.74, 6) is -2.77. The molecule has 1 fully saturated rings. The predicted molar refractivity (Wildman–Crippen MR) is 156 cm³/mol. The van der Waals surface area contributed by atoms with Crippen LogP contribution in [0.1, 0.15) is 66.9 Å². The molecule has 3 heterocycles. The second-order valence-electron chi connectivity index (χ2n) is 12.2. The predicted octanol–water partition coefficient (Wildman–Crippen LogP) is 0.825. The minimum absolute atomic E-state index is 0.00968. The number of rotatable bonds is 10. The van der Waals surface area contributed by atoms with E-state index < -0.39 is 68.8 Å². The number of β-lactam (4-membered cyclic amide) rings is 1. The Bertz CT molecular complexity index is 1600. The van der Waals surface area contributed by atoms with Crippen LogP contribution in [0.3, 0.4) is 0 Å². The smallest absolute Gasteiger partial charge is 0.413 e. The van der Waals surface area contributed by atoms with Crippen molar-refractivity contribution < 1.29 is 46.5 Å². The van der Waals surface area contributed by atoms with Gasteiger partial charge in [-0.3, -0.25) is 19.5 Å². The van der Waals surface area contributed by atoms with E-state index in [-0.39, 0.29) is 27.5 Å². The number of aryl methyl sites for hydroxylation is 1. The Morgan fingerprint density at radius 3 is 2.24 bits per heavy atom. The molecule has 0 spiro atoms. The van der Waals surface area contributed by atoms with E-state index in [1.807, 2.05) is 0 Å². The molecule has 1 aliphatic heterocycles. The van der Waals surface area contributed by atoms with Gasteiger partial charge >= 0.3 is 22.4 Å². The number of carbonyl (C=O) groups excluding carboxylic acids is 4. The number of anilines is 1. The maximum absolute atomic E-state index is 13.6. The summed E-state index contributed by atoms with van der Waals surface area (Å²) in [5.41, 5.74) is -4.07. The van der Waals surface area contributed by atoms with Gasteiger partial charge in [0.2, 0.25) is 5.60 Å². The van der Waals surface area contributed by atoms with Crippen LogP contribution in [0.4, 0.5) is 9.93 Å². The molecule has 2 aromatic heterocycles. The quantitative estimate of drug-likeness (QED) is 0.104. The summed E-state index contributed by atoms with van der Waals surface area (Å²) in [6, 6.07) is -2.83. The monoisotopic (exact) mass is 673 g/mol. The second-order valence-corrected chi connectivity index (χ2v) is 14.4. The van der Waals surface area contributed by atoms with Crippen LogP contribution in [0.25, 0.3) is 0 Å². The Morgan fingerprint density at radius 1 is 1.09 bits per heavy atom. The lowest BCUT2D eigenvalue weighted by Crippen LogP contribution is -2.73. The molecule has 0 unspecified atom stereocenters. The third-order valence-electron chi connectivity index (χ3n) is 5.60. The molecule has 1 saturated heterocycles. The van der Waals surface area contributed by atoms with Gasteiger partial charge in [0.15, 0.2) is 10.8 Å². The maximum atomic E-state index is 13.6. The normalized spacial score (nSPS) is 17.8. The van der Waals surface area contributed by atoms with E-state index in [1.165, 1.54) is 30.8 Å². The van der Waals surface area contributed by atoms with E-state index >= 15 is 0 Å². The lowest BCUT2D eigenvalue weighted by Gasteiger charge is -2.43. The van der Waals surface area contributed by atoms with Gasteiger partial charge in [-0.15, -0.1) is 16.4 Å². The van der Waals surface area contributed by atoms with E-state index in [4.69, 9.17) is 14.3 Å². The SMILES string of the molecule is Cc1nnnn1C[C@@H]1[C@H](NC(=O)C(=NOC(C)(C)C(=O)OC(C)(C)C)c2csc(NC(=O)OC(C)(C)C)n2)C(=O)N1S(=O)(=O)O. The van der Waals surface area contributed by atoms with Crippen molar-refractivity contribution in [1.29, 1.82) is 0 Å². The summed E-state index contributed by atoms with van der Waals surface area (Å²) in [5, 5.41) is 20.9. The van der Waals surface area contributed by atoms with Crippen LogP contribution in [0.5, 0.6) is 0 Å². The lowest BCUT2D eigenvalue weighted by atomic mass is 9.98. The first-order valence-electron chi connectivity index (χ1n) is 13.3. The van der Waals surface area contributed by atoms with Crippen LogP contribution < -0.4 is 10.6 Å². The van der Waals surface area contributed by atoms with Crippen LogP contribution in [0.15, 0.2) is 10.5 Å². The van der Waals surface area contributed by atoms with Crippen molar-refractivity contribution in [2.45, 2.75) is 97.7 Å². The molecule has 45 heavy (non-hydrogen) atoms. The molecule has 3 rings (SSSR count). The summed E-state index contributed by atoms with van der Waals surface area (Å²) in [6.45, 7) is 13.8. The Morgan fingerprint density at radius 2 is 1.71 bits per heavy atom. The lowest BCUT2D eigenvalue weighted by molar-refractivity contribution is -0.179. The largest absolute Gasteiger partial charge is 0.457 e. The number of ether oxygens (including phenoxy) is 2. The molecule has 0 bridgehead atoms. The fourth-order valence-electron chi connectivity index (χ4n) is 3.58.